The van der Waals surface area contributed by atoms with Gasteiger partial charge < -0.3 is 10.2 Å². The number of aromatic nitrogens is 2. The number of anilines is 1. The number of hydrogen-bond acceptors (Lipinski definition) is 4. The topological polar surface area (TPSA) is 64.9 Å². The van der Waals surface area contributed by atoms with Crippen LogP contribution < -0.4 is 5.73 Å². The van der Waals surface area contributed by atoms with E-state index < -0.39 is 0 Å². The van der Waals surface area contributed by atoms with Crippen LogP contribution in [0.4, 0.5) is 5.69 Å². The SMILES string of the molecule is Cc1nc2ocnc2cc1N. The van der Waals surface area contributed by atoms with Gasteiger partial charge in [-0.2, -0.15) is 0 Å². The number of hydrogen-bond donors (Lipinski definition) is 1. The van der Waals surface area contributed by atoms with Gasteiger partial charge in [0, 0.05) is 0 Å². The molecule has 0 spiro atoms. The fourth-order valence-corrected chi connectivity index (χ4v) is 0.900. The van der Waals surface area contributed by atoms with Gasteiger partial charge in [-0.05, 0) is 13.0 Å². The van der Waals surface area contributed by atoms with Crippen LogP contribution in [-0.4, -0.2) is 9.97 Å². The molecule has 2 rings (SSSR count). The Labute approximate surface area is 63.1 Å². The Morgan fingerprint density at radius 2 is 2.36 bits per heavy atom. The second-order valence-corrected chi connectivity index (χ2v) is 2.34. The lowest BCUT2D eigenvalue weighted by atomic mass is 10.3. The molecule has 2 heterocycles. The number of rotatable bonds is 0. The predicted octanol–water partition coefficient (Wildman–Crippen LogP) is 1.11. The van der Waals surface area contributed by atoms with Gasteiger partial charge in [-0.25, -0.2) is 9.97 Å². The molecule has 0 amide bonds. The van der Waals surface area contributed by atoms with Crippen molar-refractivity contribution in [2.24, 2.45) is 0 Å². The third-order valence-electron chi connectivity index (χ3n) is 1.55. The number of pyridine rings is 1. The second kappa shape index (κ2) is 1.95. The van der Waals surface area contributed by atoms with Crippen molar-refractivity contribution in [3.8, 4) is 0 Å². The van der Waals surface area contributed by atoms with E-state index in [-0.39, 0.29) is 0 Å². The quantitative estimate of drug-likeness (QED) is 0.609. The van der Waals surface area contributed by atoms with Gasteiger partial charge in [0.15, 0.2) is 6.39 Å². The van der Waals surface area contributed by atoms with Crippen LogP contribution in [0.1, 0.15) is 5.69 Å². The average Bonchev–Trinajstić information content (AvgIpc) is 2.36. The Balaban J connectivity index is 2.86. The normalized spacial score (nSPS) is 10.6. The van der Waals surface area contributed by atoms with Crippen LogP contribution in [0.5, 0.6) is 0 Å². The number of nitrogens with two attached hydrogens (primary N) is 1. The molecule has 2 N–H and O–H groups in total. The highest BCUT2D eigenvalue weighted by Crippen LogP contribution is 2.15. The van der Waals surface area contributed by atoms with Gasteiger partial charge in [-0.15, -0.1) is 0 Å². The van der Waals surface area contributed by atoms with Gasteiger partial charge in [0.2, 0.25) is 5.71 Å². The molecule has 0 unspecified atom stereocenters. The Hall–Kier alpha value is -1.58. The lowest BCUT2D eigenvalue weighted by Gasteiger charge is -1.95. The summed E-state index contributed by atoms with van der Waals surface area (Å²) in [4.78, 5) is 7.99. The number of nitrogens with zero attached hydrogens (tertiary/aromatic N) is 2. The Bertz CT molecular complexity index is 357. The molecule has 0 aliphatic carbocycles. The van der Waals surface area contributed by atoms with Crippen molar-refractivity contribution in [3.63, 3.8) is 0 Å². The summed E-state index contributed by atoms with van der Waals surface area (Å²) in [6.07, 6.45) is 1.36. The maximum atomic E-state index is 5.60. The van der Waals surface area contributed by atoms with E-state index in [0.717, 1.165) is 5.69 Å². The highest BCUT2D eigenvalue weighted by Gasteiger charge is 2.02. The summed E-state index contributed by atoms with van der Waals surface area (Å²) in [7, 11) is 0. The largest absolute Gasteiger partial charge is 0.425 e. The molecule has 0 aliphatic heterocycles. The minimum atomic E-state index is 0.539. The van der Waals surface area contributed by atoms with Crippen molar-refractivity contribution in [3.05, 3.63) is 18.2 Å². The van der Waals surface area contributed by atoms with Crippen LogP contribution in [0.2, 0.25) is 0 Å². The molecule has 2 aromatic rings. The monoisotopic (exact) mass is 149 g/mol. The van der Waals surface area contributed by atoms with Gasteiger partial charge >= 0.3 is 0 Å². The average molecular weight is 149 g/mol. The third kappa shape index (κ3) is 0.832. The molecule has 56 valence electrons. The van der Waals surface area contributed by atoms with Crippen molar-refractivity contribution in [1.29, 1.82) is 0 Å². The van der Waals surface area contributed by atoms with E-state index in [2.05, 4.69) is 9.97 Å². The fourth-order valence-electron chi connectivity index (χ4n) is 0.900. The molecule has 11 heavy (non-hydrogen) atoms. The van der Waals surface area contributed by atoms with E-state index in [4.69, 9.17) is 10.2 Å². The summed E-state index contributed by atoms with van der Waals surface area (Å²) < 4.78 is 4.98. The molecule has 0 saturated heterocycles. The van der Waals surface area contributed by atoms with Crippen molar-refractivity contribution < 1.29 is 4.42 Å². The van der Waals surface area contributed by atoms with Gasteiger partial charge in [0.25, 0.3) is 0 Å². The van der Waals surface area contributed by atoms with Crippen molar-refractivity contribution >= 4 is 16.9 Å². The zero-order valence-corrected chi connectivity index (χ0v) is 6.03. The minimum absolute atomic E-state index is 0.539. The number of aryl methyl sites for hydroxylation is 1. The summed E-state index contributed by atoms with van der Waals surface area (Å²) in [5, 5.41) is 0. The highest BCUT2D eigenvalue weighted by molar-refractivity contribution is 5.72. The first-order valence-corrected chi connectivity index (χ1v) is 3.23. The first-order valence-electron chi connectivity index (χ1n) is 3.23. The number of nitrogen functional groups attached to an aromatic ring is 1. The molecule has 0 bridgehead atoms. The molecule has 0 saturated carbocycles. The standard InChI is InChI=1S/C7H7N3O/c1-4-5(8)2-6-7(10-4)11-3-9-6/h2-3H,8H2,1H3. The lowest BCUT2D eigenvalue weighted by molar-refractivity contribution is 0.590. The molecule has 4 heteroatoms. The summed E-state index contributed by atoms with van der Waals surface area (Å²) in [5.41, 5.74) is 8.26. The first-order chi connectivity index (χ1) is 5.27. The van der Waals surface area contributed by atoms with Gasteiger partial charge in [-0.1, -0.05) is 0 Å². The van der Waals surface area contributed by atoms with Crippen molar-refractivity contribution in [1.82, 2.24) is 9.97 Å². The lowest BCUT2D eigenvalue weighted by Crippen LogP contribution is -1.91. The molecule has 0 aliphatic rings. The molecule has 4 nitrogen and oxygen atoms in total. The van der Waals surface area contributed by atoms with Crippen molar-refractivity contribution in [2.75, 3.05) is 5.73 Å². The van der Waals surface area contributed by atoms with Gasteiger partial charge in [-0.3, -0.25) is 0 Å². The summed E-state index contributed by atoms with van der Waals surface area (Å²) in [6, 6.07) is 1.75. The highest BCUT2D eigenvalue weighted by atomic mass is 16.3. The molecule has 0 aromatic carbocycles. The van der Waals surface area contributed by atoms with Crippen LogP contribution in [0, 0.1) is 6.92 Å². The van der Waals surface area contributed by atoms with Crippen LogP contribution in [0.25, 0.3) is 11.2 Å². The van der Waals surface area contributed by atoms with Crippen LogP contribution in [0.15, 0.2) is 16.9 Å². The Kier molecular flexibility index (Phi) is 1.09. The zero-order chi connectivity index (χ0) is 7.84. The number of fused-ring (bicyclic) bond motifs is 1. The van der Waals surface area contributed by atoms with Crippen molar-refractivity contribution in [2.45, 2.75) is 6.92 Å². The molecule has 0 fully saturated rings. The fraction of sp³-hybridized carbons (Fsp3) is 0.143. The van der Waals surface area contributed by atoms with E-state index in [9.17, 15) is 0 Å². The summed E-state index contributed by atoms with van der Waals surface area (Å²) in [5.74, 6) is 0. The van der Waals surface area contributed by atoms with Crippen LogP contribution >= 0.6 is 0 Å². The first kappa shape index (κ1) is 6.15. The minimum Gasteiger partial charge on any atom is -0.425 e. The number of oxazole rings is 1. The van der Waals surface area contributed by atoms with Gasteiger partial charge in [0.1, 0.15) is 5.52 Å². The van der Waals surface area contributed by atoms with E-state index in [0.29, 0.717) is 16.9 Å². The van der Waals surface area contributed by atoms with Crippen LogP contribution in [-0.2, 0) is 0 Å². The van der Waals surface area contributed by atoms with E-state index >= 15 is 0 Å². The molecular formula is C7H7N3O. The molecular weight excluding hydrogens is 142 g/mol. The van der Waals surface area contributed by atoms with E-state index in [1.54, 1.807) is 6.07 Å². The molecule has 2 aromatic heterocycles. The summed E-state index contributed by atoms with van der Waals surface area (Å²) >= 11 is 0. The van der Waals surface area contributed by atoms with Gasteiger partial charge in [0.05, 0.1) is 11.4 Å². The Morgan fingerprint density at radius 3 is 3.18 bits per heavy atom. The molecule has 0 atom stereocenters. The smallest absolute Gasteiger partial charge is 0.247 e. The maximum absolute atomic E-state index is 5.60. The zero-order valence-electron chi connectivity index (χ0n) is 6.03. The Morgan fingerprint density at radius 1 is 1.55 bits per heavy atom. The third-order valence-corrected chi connectivity index (χ3v) is 1.55. The summed E-state index contributed by atoms with van der Waals surface area (Å²) in [6.45, 7) is 1.83. The van der Waals surface area contributed by atoms with E-state index in [1.807, 2.05) is 6.92 Å². The second-order valence-electron chi connectivity index (χ2n) is 2.34. The molecule has 0 radical (unpaired) electrons. The maximum Gasteiger partial charge on any atom is 0.247 e. The predicted molar refractivity (Wildman–Crippen MR) is 41.0 cm³/mol. The van der Waals surface area contributed by atoms with E-state index in [1.165, 1.54) is 6.39 Å². The van der Waals surface area contributed by atoms with Crippen LogP contribution in [0.3, 0.4) is 0 Å².